The van der Waals surface area contributed by atoms with Gasteiger partial charge in [0, 0.05) is 37.7 Å². The number of hydrogen-bond donors (Lipinski definition) is 2. The lowest BCUT2D eigenvalue weighted by Gasteiger charge is -2.44. The Bertz CT molecular complexity index is 1530. The Morgan fingerprint density at radius 2 is 1.88 bits per heavy atom. The van der Waals surface area contributed by atoms with Crippen LogP contribution < -0.4 is 14.4 Å². The minimum absolute atomic E-state index is 0.0310. The summed E-state index contributed by atoms with van der Waals surface area (Å²) in [5.74, 6) is 1.53. The lowest BCUT2D eigenvalue weighted by molar-refractivity contribution is -0.0314. The average molecular weight is 716 g/mol. The fourth-order valence-corrected chi connectivity index (χ4v) is 9.58. The number of aryl methyl sites for hydroxylation is 1. The number of aliphatic hydroxyl groups excluding tert-OH is 1. The van der Waals surface area contributed by atoms with Crippen LogP contribution in [-0.4, -0.2) is 82.3 Å². The van der Waals surface area contributed by atoms with Crippen molar-refractivity contribution in [1.82, 2.24) is 9.62 Å². The zero-order chi connectivity index (χ0) is 34.4. The van der Waals surface area contributed by atoms with Gasteiger partial charge in [0.15, 0.2) is 0 Å². The van der Waals surface area contributed by atoms with E-state index in [4.69, 9.17) is 25.8 Å². The Hall–Kier alpha value is -2.18. The van der Waals surface area contributed by atoms with Crippen LogP contribution in [-0.2, 0) is 32.5 Å². The summed E-state index contributed by atoms with van der Waals surface area (Å²) < 4.78 is 48.6. The van der Waals surface area contributed by atoms with Crippen molar-refractivity contribution in [3.05, 3.63) is 70.3 Å². The van der Waals surface area contributed by atoms with Gasteiger partial charge in [0.2, 0.25) is 10.0 Å². The third-order valence-corrected chi connectivity index (χ3v) is 13.1. The van der Waals surface area contributed by atoms with E-state index >= 15 is 0 Å². The van der Waals surface area contributed by atoms with Gasteiger partial charge in [0.05, 0.1) is 36.9 Å². The van der Waals surface area contributed by atoms with Crippen molar-refractivity contribution < 1.29 is 27.7 Å². The van der Waals surface area contributed by atoms with E-state index in [-0.39, 0.29) is 12.0 Å². The number of nitrogens with one attached hydrogen (secondary N) is 1. The van der Waals surface area contributed by atoms with E-state index in [1.165, 1.54) is 5.56 Å². The van der Waals surface area contributed by atoms with Crippen LogP contribution in [0, 0.1) is 17.8 Å². The largest absolute Gasteiger partial charge is 0.487 e. The van der Waals surface area contributed by atoms with Gasteiger partial charge in [-0.25, -0.2) is 8.42 Å². The molecule has 270 valence electrons. The smallest absolute Gasteiger partial charge is 0.216 e. The van der Waals surface area contributed by atoms with E-state index < -0.39 is 21.5 Å². The lowest BCUT2D eigenvalue weighted by Crippen LogP contribution is -2.45. The number of anilines is 1. The van der Waals surface area contributed by atoms with Crippen molar-refractivity contribution in [3.63, 3.8) is 0 Å². The monoisotopic (exact) mass is 715 g/mol. The van der Waals surface area contributed by atoms with Crippen LogP contribution in [0.4, 0.5) is 5.69 Å². The highest BCUT2D eigenvalue weighted by molar-refractivity contribution is 7.90. The van der Waals surface area contributed by atoms with Gasteiger partial charge >= 0.3 is 0 Å². The zero-order valence-corrected chi connectivity index (χ0v) is 30.6. The molecule has 1 saturated heterocycles. The van der Waals surface area contributed by atoms with Crippen LogP contribution in [0.2, 0.25) is 5.02 Å². The third-order valence-electron chi connectivity index (χ3n) is 10.9. The first-order chi connectivity index (χ1) is 23.7. The molecule has 2 aromatic rings. The van der Waals surface area contributed by atoms with Crippen molar-refractivity contribution in [2.75, 3.05) is 57.4 Å². The van der Waals surface area contributed by atoms with Gasteiger partial charge in [-0.3, -0.25) is 4.90 Å². The number of allylic oxidation sites excluding steroid dienone is 1. The molecular formula is C38H54ClN3O6S. The molecule has 2 bridgehead atoms. The highest BCUT2D eigenvalue weighted by atomic mass is 35.5. The fraction of sp³-hybridized carbons (Fsp3) is 0.632. The number of morpholine rings is 1. The molecule has 0 radical (unpaired) electrons. The number of fused-ring (bicyclic) bond motifs is 3. The number of sulfonamides is 1. The number of hydrogen-bond acceptors (Lipinski definition) is 8. The van der Waals surface area contributed by atoms with Crippen molar-refractivity contribution in [2.24, 2.45) is 17.8 Å². The van der Waals surface area contributed by atoms with Crippen molar-refractivity contribution in [3.8, 4) is 5.75 Å². The second-order valence-electron chi connectivity index (χ2n) is 14.3. The van der Waals surface area contributed by atoms with E-state index in [0.717, 1.165) is 100 Å². The molecule has 3 aliphatic heterocycles. The first-order valence-corrected chi connectivity index (χ1v) is 20.2. The van der Waals surface area contributed by atoms with E-state index in [1.807, 2.05) is 37.3 Å². The average Bonchev–Trinajstić information content (AvgIpc) is 3.10. The Kier molecular flexibility index (Phi) is 12.6. The molecule has 0 spiro atoms. The standard InChI is InChI=1S/C38H54ClN3O6S/c1-3-33-22-27(2)7-13-36(47-21-18-41-16-19-46-20-17-41)34-12-9-30(34)25-42-15-5-4-6-28-23-32(39)11-8-31(28)26-48-37-14-10-29(24-35(37)42)38(43)40-49(33,44)45/h7-8,10-11,13-14,23-24,27,30,33-34,36,38,40,43H,3-6,9,12,15-22,25-26H2,1-2H3/b13-7+/t27-,30-,33+,34+,36-,38?/m0/s1. The highest BCUT2D eigenvalue weighted by Crippen LogP contribution is 2.42. The van der Waals surface area contributed by atoms with Gasteiger partial charge in [0.1, 0.15) is 18.6 Å². The molecule has 0 aromatic heterocycles. The third kappa shape index (κ3) is 9.39. The summed E-state index contributed by atoms with van der Waals surface area (Å²) in [6.07, 6.45) is 8.95. The zero-order valence-electron chi connectivity index (χ0n) is 29.1. The molecule has 3 heterocycles. The molecule has 1 unspecified atom stereocenters. The number of rotatable bonds is 5. The summed E-state index contributed by atoms with van der Waals surface area (Å²) in [6.45, 7) is 10.9. The maximum absolute atomic E-state index is 13.6. The second kappa shape index (κ2) is 16.9. The van der Waals surface area contributed by atoms with E-state index in [0.29, 0.717) is 43.5 Å². The van der Waals surface area contributed by atoms with Gasteiger partial charge < -0.3 is 24.2 Å². The summed E-state index contributed by atoms with van der Waals surface area (Å²) in [5.41, 5.74) is 3.70. The summed E-state index contributed by atoms with van der Waals surface area (Å²) in [5, 5.41) is 11.4. The van der Waals surface area contributed by atoms with Crippen molar-refractivity contribution in [2.45, 2.75) is 83.0 Å². The van der Waals surface area contributed by atoms with Gasteiger partial charge in [-0.2, -0.15) is 4.72 Å². The van der Waals surface area contributed by atoms with E-state index in [9.17, 15) is 13.5 Å². The number of ether oxygens (including phenoxy) is 3. The quantitative estimate of drug-likeness (QED) is 0.359. The molecule has 4 aliphatic rings. The number of aliphatic hydroxyl groups is 1. The van der Waals surface area contributed by atoms with Gasteiger partial charge in [-0.1, -0.05) is 49.7 Å². The Labute approximate surface area is 298 Å². The minimum atomic E-state index is -3.82. The molecular weight excluding hydrogens is 662 g/mol. The predicted octanol–water partition coefficient (Wildman–Crippen LogP) is 6.09. The molecule has 6 atom stereocenters. The number of halogens is 1. The topological polar surface area (TPSA) is 101 Å². The first kappa shape index (κ1) is 36.6. The van der Waals surface area contributed by atoms with Crippen LogP contribution in [0.15, 0.2) is 48.6 Å². The molecule has 49 heavy (non-hydrogen) atoms. The molecule has 1 saturated carbocycles. The number of nitrogens with zero attached hydrogens (tertiary/aromatic N) is 2. The molecule has 0 amide bonds. The Morgan fingerprint density at radius 3 is 2.65 bits per heavy atom. The maximum atomic E-state index is 13.6. The predicted molar refractivity (Wildman–Crippen MR) is 195 cm³/mol. The van der Waals surface area contributed by atoms with E-state index in [1.54, 1.807) is 6.07 Å². The van der Waals surface area contributed by atoms with E-state index in [2.05, 4.69) is 33.6 Å². The molecule has 2 fully saturated rings. The summed E-state index contributed by atoms with van der Waals surface area (Å²) in [4.78, 5) is 4.80. The van der Waals surface area contributed by atoms with Gasteiger partial charge in [-0.05, 0) is 104 Å². The van der Waals surface area contributed by atoms with Crippen LogP contribution >= 0.6 is 11.6 Å². The fourth-order valence-electron chi connectivity index (χ4n) is 7.75. The van der Waals surface area contributed by atoms with Gasteiger partial charge in [-0.15, -0.1) is 0 Å². The maximum Gasteiger partial charge on any atom is 0.216 e. The van der Waals surface area contributed by atoms with Crippen molar-refractivity contribution >= 4 is 27.3 Å². The normalized spacial score (nSPS) is 30.5. The molecule has 1 aliphatic carbocycles. The number of benzene rings is 2. The molecule has 11 heteroatoms. The van der Waals surface area contributed by atoms with Crippen LogP contribution in [0.5, 0.6) is 5.75 Å². The summed E-state index contributed by atoms with van der Waals surface area (Å²) >= 11 is 6.38. The SMILES string of the molecule is CC[C@@H]1C[C@@H](C)/C=C/[C@H](OCCN2CCOCC2)[C@@H]2CC[C@H]2CN2CCCCc3cc(Cl)ccc3COc3ccc(cc32)C(O)NS1(=O)=O. The van der Waals surface area contributed by atoms with Crippen LogP contribution in [0.1, 0.15) is 75.3 Å². The van der Waals surface area contributed by atoms with Crippen LogP contribution in [0.25, 0.3) is 0 Å². The first-order valence-electron chi connectivity index (χ1n) is 18.3. The Morgan fingerprint density at radius 1 is 1.04 bits per heavy atom. The minimum Gasteiger partial charge on any atom is -0.487 e. The van der Waals surface area contributed by atoms with Gasteiger partial charge in [0.25, 0.3) is 0 Å². The van der Waals surface area contributed by atoms with Crippen LogP contribution in [0.3, 0.4) is 0 Å². The molecule has 6 rings (SSSR count). The van der Waals surface area contributed by atoms with Crippen molar-refractivity contribution in [1.29, 1.82) is 0 Å². The summed E-state index contributed by atoms with van der Waals surface area (Å²) in [6, 6.07) is 11.6. The second-order valence-corrected chi connectivity index (χ2v) is 16.7. The molecule has 2 N–H and O–H groups in total. The molecule has 9 nitrogen and oxygen atoms in total. The Balaban J connectivity index is 1.32. The molecule has 2 aromatic carbocycles. The lowest BCUT2D eigenvalue weighted by atomic mass is 9.70. The summed E-state index contributed by atoms with van der Waals surface area (Å²) in [7, 11) is -3.82. The highest BCUT2D eigenvalue weighted by Gasteiger charge is 2.38.